The third kappa shape index (κ3) is 5.01. The van der Waals surface area contributed by atoms with Crippen LogP contribution in [0.25, 0.3) is 0 Å². The first kappa shape index (κ1) is 17.9. The van der Waals surface area contributed by atoms with Crippen LogP contribution in [0.5, 0.6) is 0 Å². The van der Waals surface area contributed by atoms with Crippen LogP contribution in [0.15, 0.2) is 0 Å². The van der Waals surface area contributed by atoms with Crippen molar-refractivity contribution in [3.63, 3.8) is 0 Å². The third-order valence-corrected chi connectivity index (χ3v) is 9.05. The lowest BCUT2D eigenvalue weighted by molar-refractivity contribution is 0.0155. The summed E-state index contributed by atoms with van der Waals surface area (Å²) in [5.41, 5.74) is 0. The van der Waals surface area contributed by atoms with E-state index in [9.17, 15) is 0 Å². The van der Waals surface area contributed by atoms with Gasteiger partial charge in [-0.1, -0.05) is 6.55 Å². The minimum atomic E-state index is -1.57. The molecule has 4 unspecified atom stereocenters. The Hall–Kier alpha value is 0.531. The fraction of sp³-hybridized carbons (Fsp3) is 1.00. The maximum absolute atomic E-state index is 6.82. The molecule has 0 bridgehead atoms. The first-order valence-corrected chi connectivity index (χ1v) is 17.5. The zero-order valence-corrected chi connectivity index (χ0v) is 18.4. The van der Waals surface area contributed by atoms with E-state index in [4.69, 9.17) is 13.6 Å². The molecule has 3 nitrogen and oxygen atoms in total. The topological polar surface area (TPSA) is 31.0 Å². The quantitative estimate of drug-likeness (QED) is 0.524. The zero-order valence-electron chi connectivity index (χ0n) is 15.0. The number of hydrogen-bond acceptors (Lipinski definition) is 3. The van der Waals surface area contributed by atoms with E-state index in [1.165, 1.54) is 19.3 Å². The molecular formula is C15H34O3Si3. The van der Waals surface area contributed by atoms with E-state index >= 15 is 0 Å². The van der Waals surface area contributed by atoms with E-state index in [-0.39, 0.29) is 14.7 Å². The van der Waals surface area contributed by atoms with Crippen LogP contribution in [0.2, 0.25) is 45.8 Å². The number of hydrogen-bond donors (Lipinski definition) is 0. The molecule has 124 valence electrons. The molecule has 1 saturated heterocycles. The maximum atomic E-state index is 6.82. The molecule has 6 heteroatoms. The molecular weight excluding hydrogens is 312 g/mol. The summed E-state index contributed by atoms with van der Waals surface area (Å²) in [6, 6.07) is 0. The SMILES string of the molecule is C[SiH2]C(CO[Si](C)(C)C)(O[Si](C)(C)C)C1CCC2OC2C1. The molecule has 1 aliphatic carbocycles. The highest BCUT2D eigenvalue weighted by atomic mass is 28.4. The Labute approximate surface area is 135 Å². The molecule has 0 aromatic carbocycles. The van der Waals surface area contributed by atoms with Gasteiger partial charge < -0.3 is 13.6 Å². The molecule has 0 aromatic rings. The summed E-state index contributed by atoms with van der Waals surface area (Å²) in [5, 5.41) is 0.0433. The van der Waals surface area contributed by atoms with Gasteiger partial charge in [0, 0.05) is 0 Å². The molecule has 21 heavy (non-hydrogen) atoms. The van der Waals surface area contributed by atoms with E-state index in [2.05, 4.69) is 45.8 Å². The molecule has 4 atom stereocenters. The van der Waals surface area contributed by atoms with Gasteiger partial charge in [-0.2, -0.15) is 0 Å². The Morgan fingerprint density at radius 1 is 1.05 bits per heavy atom. The van der Waals surface area contributed by atoms with Crippen molar-refractivity contribution in [2.75, 3.05) is 6.61 Å². The fourth-order valence-corrected chi connectivity index (χ4v) is 8.98. The summed E-state index contributed by atoms with van der Waals surface area (Å²) in [6.45, 7) is 17.0. The maximum Gasteiger partial charge on any atom is 0.184 e. The Morgan fingerprint density at radius 2 is 1.71 bits per heavy atom. The fourth-order valence-electron chi connectivity index (χ4n) is 3.52. The van der Waals surface area contributed by atoms with Gasteiger partial charge in [-0.3, -0.25) is 0 Å². The van der Waals surface area contributed by atoms with Crippen molar-refractivity contribution in [1.82, 2.24) is 0 Å². The largest absolute Gasteiger partial charge is 0.415 e. The van der Waals surface area contributed by atoms with Gasteiger partial charge in [-0.25, -0.2) is 0 Å². The predicted octanol–water partition coefficient (Wildman–Crippen LogP) is 3.17. The molecule has 2 fully saturated rings. The Bertz CT molecular complexity index is 364. The van der Waals surface area contributed by atoms with Gasteiger partial charge in [0.15, 0.2) is 16.6 Å². The minimum absolute atomic E-state index is 0.0433. The molecule has 0 N–H and O–H groups in total. The van der Waals surface area contributed by atoms with Gasteiger partial charge in [-0.15, -0.1) is 0 Å². The van der Waals surface area contributed by atoms with Crippen LogP contribution < -0.4 is 0 Å². The van der Waals surface area contributed by atoms with Crippen molar-refractivity contribution in [3.05, 3.63) is 0 Å². The van der Waals surface area contributed by atoms with E-state index in [1.54, 1.807) is 0 Å². The van der Waals surface area contributed by atoms with Gasteiger partial charge in [0.2, 0.25) is 0 Å². The summed E-state index contributed by atoms with van der Waals surface area (Å²) in [7, 11) is -3.40. The van der Waals surface area contributed by atoms with Crippen LogP contribution in [0.4, 0.5) is 0 Å². The monoisotopic (exact) mass is 346 g/mol. The van der Waals surface area contributed by atoms with Crippen LogP contribution in [-0.4, -0.2) is 50.2 Å². The highest BCUT2D eigenvalue weighted by Gasteiger charge is 2.51. The molecule has 0 amide bonds. The third-order valence-electron chi connectivity index (χ3n) is 4.61. The van der Waals surface area contributed by atoms with E-state index < -0.39 is 16.6 Å². The lowest BCUT2D eigenvalue weighted by Gasteiger charge is -2.46. The molecule has 1 heterocycles. The standard InChI is InChI=1S/C15H34O3Si3/c1-19-15(18-21(5,6)7,11-16-20(2,3)4)12-8-9-13-14(10-12)17-13/h12-14H,8-11,19H2,1-7H3. The second kappa shape index (κ2) is 6.20. The van der Waals surface area contributed by atoms with Crippen molar-refractivity contribution < 1.29 is 13.6 Å². The van der Waals surface area contributed by atoms with Crippen molar-refractivity contribution in [2.24, 2.45) is 5.92 Å². The number of epoxide rings is 1. The van der Waals surface area contributed by atoms with Crippen molar-refractivity contribution in [2.45, 2.75) is 82.5 Å². The van der Waals surface area contributed by atoms with Crippen LogP contribution in [-0.2, 0) is 13.6 Å². The molecule has 0 spiro atoms. The summed E-state index contributed by atoms with van der Waals surface area (Å²) >= 11 is 0. The average molecular weight is 347 g/mol. The Morgan fingerprint density at radius 3 is 2.19 bits per heavy atom. The van der Waals surface area contributed by atoms with Crippen molar-refractivity contribution in [1.29, 1.82) is 0 Å². The highest BCUT2D eigenvalue weighted by molar-refractivity contribution is 6.70. The van der Waals surface area contributed by atoms with Crippen LogP contribution in [0.1, 0.15) is 19.3 Å². The van der Waals surface area contributed by atoms with Gasteiger partial charge in [-0.05, 0) is 64.5 Å². The number of fused-ring (bicyclic) bond motifs is 1. The van der Waals surface area contributed by atoms with Gasteiger partial charge in [0.1, 0.15) is 0 Å². The second-order valence-corrected chi connectivity index (χ2v) is 19.6. The van der Waals surface area contributed by atoms with E-state index in [0.717, 1.165) is 6.61 Å². The number of ether oxygens (including phenoxy) is 1. The Balaban J connectivity index is 2.13. The van der Waals surface area contributed by atoms with Crippen LogP contribution >= 0.6 is 0 Å². The van der Waals surface area contributed by atoms with E-state index in [1.807, 2.05) is 0 Å². The normalized spacial score (nSPS) is 33.0. The van der Waals surface area contributed by atoms with Crippen LogP contribution in [0.3, 0.4) is 0 Å². The predicted molar refractivity (Wildman–Crippen MR) is 96.9 cm³/mol. The lowest BCUT2D eigenvalue weighted by atomic mass is 9.85. The second-order valence-electron chi connectivity index (χ2n) is 8.76. The molecule has 0 aromatic heterocycles. The lowest BCUT2D eigenvalue weighted by Crippen LogP contribution is -2.57. The molecule has 1 saturated carbocycles. The Kier molecular flexibility index (Phi) is 5.28. The molecule has 1 aliphatic heterocycles. The highest BCUT2D eigenvalue weighted by Crippen LogP contribution is 2.45. The first-order valence-electron chi connectivity index (χ1n) is 8.54. The summed E-state index contributed by atoms with van der Waals surface area (Å²) < 4.78 is 18.9. The minimum Gasteiger partial charge on any atom is -0.415 e. The van der Waals surface area contributed by atoms with E-state index in [0.29, 0.717) is 18.1 Å². The molecule has 2 aliphatic rings. The zero-order chi connectivity index (χ0) is 15.9. The average Bonchev–Trinajstić information content (AvgIpc) is 3.10. The summed E-state index contributed by atoms with van der Waals surface area (Å²) in [6.07, 6.45) is 4.79. The smallest absolute Gasteiger partial charge is 0.184 e. The van der Waals surface area contributed by atoms with Crippen molar-refractivity contribution >= 4 is 26.2 Å². The molecule has 2 rings (SSSR count). The van der Waals surface area contributed by atoms with Crippen LogP contribution in [0, 0.1) is 5.92 Å². The van der Waals surface area contributed by atoms with Gasteiger partial charge in [0.05, 0.1) is 33.6 Å². The van der Waals surface area contributed by atoms with Gasteiger partial charge in [0.25, 0.3) is 0 Å². The number of rotatable bonds is 7. The van der Waals surface area contributed by atoms with Crippen molar-refractivity contribution in [3.8, 4) is 0 Å². The van der Waals surface area contributed by atoms with Gasteiger partial charge >= 0.3 is 0 Å². The molecule has 0 radical (unpaired) electrons. The first-order chi connectivity index (χ1) is 9.55. The summed E-state index contributed by atoms with van der Waals surface area (Å²) in [4.78, 5) is 0. The summed E-state index contributed by atoms with van der Waals surface area (Å²) in [5.74, 6) is 0.654.